The van der Waals surface area contributed by atoms with Crippen molar-refractivity contribution in [3.8, 4) is 0 Å². The molecule has 0 saturated carbocycles. The van der Waals surface area contributed by atoms with Crippen LogP contribution in [0.5, 0.6) is 0 Å². The van der Waals surface area contributed by atoms with Crippen molar-refractivity contribution in [1.29, 1.82) is 0 Å². The van der Waals surface area contributed by atoms with Crippen LogP contribution in [0.1, 0.15) is 6.92 Å². The van der Waals surface area contributed by atoms with Gasteiger partial charge in [-0.3, -0.25) is 4.79 Å². The Balaban J connectivity index is 1.62. The van der Waals surface area contributed by atoms with E-state index in [1.165, 1.54) is 0 Å². The van der Waals surface area contributed by atoms with Gasteiger partial charge in [0.1, 0.15) is 73.2 Å². The van der Waals surface area contributed by atoms with Crippen molar-refractivity contribution < 1.29 is 79.5 Å². The van der Waals surface area contributed by atoms with Crippen LogP contribution in [-0.2, 0) is 28.5 Å². The van der Waals surface area contributed by atoms with Crippen molar-refractivity contribution in [2.45, 2.75) is 99.0 Å². The Kier molecular flexibility index (Phi) is 10.5. The minimum atomic E-state index is -1.83. The Bertz CT molecular complexity index is 743. The average Bonchev–Trinajstić information content (AvgIpc) is 2.86. The molecule has 3 aliphatic rings. The third kappa shape index (κ3) is 6.55. The molecule has 0 spiro atoms. The average molecular weight is 545 g/mol. The molecule has 216 valence electrons. The Labute approximate surface area is 210 Å². The van der Waals surface area contributed by atoms with Crippen molar-refractivity contribution in [3.63, 3.8) is 0 Å². The predicted octanol–water partition coefficient (Wildman–Crippen LogP) is -7.43. The van der Waals surface area contributed by atoms with Crippen molar-refractivity contribution in [1.82, 2.24) is 5.32 Å². The normalized spacial score (nSPS) is 49.0. The van der Waals surface area contributed by atoms with Gasteiger partial charge in [-0.15, -0.1) is 0 Å². The SMILES string of the molecule is CC(=O)N[C@H]1C(O)O[C@H](CO[C@@H]2O[C@H](CO)[C@@H](O[C@@H]3O[C@H](CO)[C@H](O)[C@H](O)[C@H]3O)[C@H](O)[C@H]2O)[C@H](O)[C@@H]1O. The van der Waals surface area contributed by atoms with Crippen molar-refractivity contribution in [2.75, 3.05) is 19.8 Å². The molecule has 3 aliphatic heterocycles. The maximum Gasteiger partial charge on any atom is 0.217 e. The van der Waals surface area contributed by atoms with Gasteiger partial charge in [0.25, 0.3) is 0 Å². The fraction of sp³-hybridized carbons (Fsp3) is 0.950. The van der Waals surface area contributed by atoms with E-state index in [2.05, 4.69) is 5.32 Å². The van der Waals surface area contributed by atoms with E-state index in [-0.39, 0.29) is 0 Å². The molecular formula is C20H35NO16. The summed E-state index contributed by atoms with van der Waals surface area (Å²) >= 11 is 0. The van der Waals surface area contributed by atoms with Gasteiger partial charge in [-0.25, -0.2) is 0 Å². The van der Waals surface area contributed by atoms with E-state index in [0.717, 1.165) is 6.92 Å². The molecule has 0 aromatic heterocycles. The van der Waals surface area contributed by atoms with Crippen molar-refractivity contribution in [3.05, 3.63) is 0 Å². The Hall–Kier alpha value is -1.13. The molecule has 1 amide bonds. The zero-order valence-electron chi connectivity index (χ0n) is 19.7. The molecule has 3 saturated heterocycles. The number of hydrogen-bond acceptors (Lipinski definition) is 16. The van der Waals surface area contributed by atoms with Gasteiger partial charge in [-0.1, -0.05) is 0 Å². The molecule has 17 heteroatoms. The van der Waals surface area contributed by atoms with E-state index >= 15 is 0 Å². The Morgan fingerprint density at radius 2 is 1.27 bits per heavy atom. The smallest absolute Gasteiger partial charge is 0.217 e. The first kappa shape index (κ1) is 30.4. The van der Waals surface area contributed by atoms with E-state index in [1.807, 2.05) is 0 Å². The highest BCUT2D eigenvalue weighted by atomic mass is 16.7. The van der Waals surface area contributed by atoms with Crippen LogP contribution in [0.25, 0.3) is 0 Å². The lowest BCUT2D eigenvalue weighted by molar-refractivity contribution is -0.362. The summed E-state index contributed by atoms with van der Waals surface area (Å²) in [5.74, 6) is -0.586. The molecule has 0 aromatic carbocycles. The highest BCUT2D eigenvalue weighted by Gasteiger charge is 2.51. The summed E-state index contributed by atoms with van der Waals surface area (Å²) in [4.78, 5) is 11.2. The summed E-state index contributed by atoms with van der Waals surface area (Å²) in [5, 5.41) is 103. The fourth-order valence-corrected chi connectivity index (χ4v) is 4.36. The zero-order chi connectivity index (χ0) is 27.6. The number of carbonyl (C=O) groups excluding carboxylic acids is 1. The van der Waals surface area contributed by atoms with Crippen LogP contribution in [0.3, 0.4) is 0 Å². The minimum Gasteiger partial charge on any atom is -0.394 e. The van der Waals surface area contributed by atoms with Crippen LogP contribution in [-0.4, -0.2) is 169 Å². The summed E-state index contributed by atoms with van der Waals surface area (Å²) in [6.45, 7) is -0.961. The van der Waals surface area contributed by atoms with Gasteiger partial charge in [-0.2, -0.15) is 0 Å². The minimum absolute atomic E-state index is 0.576. The summed E-state index contributed by atoms with van der Waals surface area (Å²) in [5.41, 5.74) is 0. The molecule has 3 fully saturated rings. The second-order valence-corrected chi connectivity index (χ2v) is 9.11. The molecule has 0 aromatic rings. The first-order chi connectivity index (χ1) is 17.4. The van der Waals surface area contributed by atoms with Gasteiger partial charge in [-0.05, 0) is 0 Å². The van der Waals surface area contributed by atoms with E-state index in [1.54, 1.807) is 0 Å². The van der Waals surface area contributed by atoms with E-state index < -0.39 is 118 Å². The zero-order valence-corrected chi connectivity index (χ0v) is 19.7. The van der Waals surface area contributed by atoms with E-state index in [9.17, 15) is 55.9 Å². The van der Waals surface area contributed by atoms with Gasteiger partial charge >= 0.3 is 0 Å². The van der Waals surface area contributed by atoms with E-state index in [0.29, 0.717) is 0 Å². The lowest BCUT2D eigenvalue weighted by atomic mass is 9.96. The van der Waals surface area contributed by atoms with Crippen LogP contribution < -0.4 is 5.32 Å². The quantitative estimate of drug-likeness (QED) is 0.135. The molecule has 15 atom stereocenters. The van der Waals surface area contributed by atoms with Crippen molar-refractivity contribution in [2.24, 2.45) is 0 Å². The number of hydrogen-bond donors (Lipinski definition) is 11. The van der Waals surface area contributed by atoms with E-state index in [4.69, 9.17) is 23.7 Å². The number of rotatable bonds is 8. The second-order valence-electron chi connectivity index (χ2n) is 9.11. The summed E-state index contributed by atoms with van der Waals surface area (Å²) in [6.07, 6.45) is -22.8. The fourth-order valence-electron chi connectivity index (χ4n) is 4.36. The maximum atomic E-state index is 11.2. The number of carbonyl (C=O) groups is 1. The molecule has 0 bridgehead atoms. The van der Waals surface area contributed by atoms with Gasteiger partial charge in [0.15, 0.2) is 18.9 Å². The van der Waals surface area contributed by atoms with Gasteiger partial charge in [0, 0.05) is 6.92 Å². The second kappa shape index (κ2) is 12.8. The number of aliphatic hydroxyl groups is 10. The first-order valence-electron chi connectivity index (χ1n) is 11.6. The highest BCUT2D eigenvalue weighted by molar-refractivity contribution is 5.73. The van der Waals surface area contributed by atoms with Gasteiger partial charge in [0.05, 0.1) is 19.8 Å². The lowest BCUT2D eigenvalue weighted by Crippen LogP contribution is -2.65. The molecular weight excluding hydrogens is 510 g/mol. The van der Waals surface area contributed by atoms with Crippen LogP contribution in [0.15, 0.2) is 0 Å². The Morgan fingerprint density at radius 3 is 1.86 bits per heavy atom. The number of ether oxygens (including phenoxy) is 5. The predicted molar refractivity (Wildman–Crippen MR) is 113 cm³/mol. The lowest BCUT2D eigenvalue weighted by Gasteiger charge is -2.46. The Morgan fingerprint density at radius 1 is 0.703 bits per heavy atom. The molecule has 0 radical (unpaired) electrons. The first-order valence-corrected chi connectivity index (χ1v) is 11.6. The summed E-state index contributed by atoms with van der Waals surface area (Å²) in [7, 11) is 0. The summed E-state index contributed by atoms with van der Waals surface area (Å²) in [6, 6.07) is -1.32. The highest BCUT2D eigenvalue weighted by Crippen LogP contribution is 2.30. The number of aliphatic hydroxyl groups excluding tert-OH is 10. The maximum absolute atomic E-state index is 11.2. The van der Waals surface area contributed by atoms with Gasteiger partial charge < -0.3 is 80.1 Å². The standard InChI is InChI=1S/C20H35NO16/c1-5(24)21-9-12(27)11(26)8(34-18(9)32)4-33-19-16(31)14(29)17(7(3-23)36-19)37-20-15(30)13(28)10(25)6(2-22)35-20/h6-20,22-23,25-32H,2-4H2,1H3,(H,21,24)/t6-,7-,8-,9-,10+,11+,12-,13+,14-,15-,16-,17-,18?,19-,20+/m1/s1. The molecule has 3 heterocycles. The van der Waals surface area contributed by atoms with Crippen LogP contribution in [0, 0.1) is 0 Å². The van der Waals surface area contributed by atoms with Gasteiger partial charge in [0.2, 0.25) is 5.91 Å². The monoisotopic (exact) mass is 545 g/mol. The molecule has 17 nitrogen and oxygen atoms in total. The van der Waals surface area contributed by atoms with Crippen LogP contribution in [0.2, 0.25) is 0 Å². The number of amides is 1. The molecule has 0 aliphatic carbocycles. The van der Waals surface area contributed by atoms with Crippen LogP contribution >= 0.6 is 0 Å². The number of nitrogens with one attached hydrogen (secondary N) is 1. The third-order valence-electron chi connectivity index (χ3n) is 6.48. The molecule has 1 unspecified atom stereocenters. The molecule has 3 rings (SSSR count). The van der Waals surface area contributed by atoms with Crippen molar-refractivity contribution >= 4 is 5.91 Å². The third-order valence-corrected chi connectivity index (χ3v) is 6.48. The molecule has 11 N–H and O–H groups in total. The summed E-state index contributed by atoms with van der Waals surface area (Å²) < 4.78 is 26.6. The largest absolute Gasteiger partial charge is 0.394 e. The van der Waals surface area contributed by atoms with Crippen LogP contribution in [0.4, 0.5) is 0 Å². The topological polar surface area (TPSA) is 278 Å². The molecule has 37 heavy (non-hydrogen) atoms.